The Kier molecular flexibility index (Phi) is 4.20. The lowest BCUT2D eigenvalue weighted by molar-refractivity contribution is 0.0268. The average Bonchev–Trinajstić information content (AvgIpc) is 2.41. The number of aliphatic hydroxyl groups is 1. The lowest BCUT2D eigenvalue weighted by atomic mass is 9.91. The van der Waals surface area contributed by atoms with Crippen LogP contribution in [0.1, 0.15) is 41.6 Å². The molecule has 0 bridgehead atoms. The first-order valence-corrected chi connectivity index (χ1v) is 6.72. The van der Waals surface area contributed by atoms with Gasteiger partial charge in [-0.05, 0) is 37.5 Å². The molecule has 1 fully saturated rings. The van der Waals surface area contributed by atoms with Gasteiger partial charge in [0.15, 0.2) is 0 Å². The van der Waals surface area contributed by atoms with Crippen molar-refractivity contribution >= 4 is 5.91 Å². The first kappa shape index (κ1) is 14.0. The third-order valence-electron chi connectivity index (χ3n) is 3.93. The maximum Gasteiger partial charge on any atom is 0.254 e. The van der Waals surface area contributed by atoms with E-state index in [4.69, 9.17) is 0 Å². The number of hydrogen-bond donors (Lipinski definition) is 1. The summed E-state index contributed by atoms with van der Waals surface area (Å²) in [6, 6.07) is 4.34. The van der Waals surface area contributed by atoms with Gasteiger partial charge in [-0.1, -0.05) is 18.9 Å². The fraction of sp³-hybridized carbons (Fsp3) is 0.533. The monoisotopic (exact) mass is 265 g/mol. The Hall–Kier alpha value is -1.42. The fourth-order valence-electron chi connectivity index (χ4n) is 2.62. The van der Waals surface area contributed by atoms with Gasteiger partial charge in [0.2, 0.25) is 0 Å². The van der Waals surface area contributed by atoms with Crippen LogP contribution in [0.3, 0.4) is 0 Å². The van der Waals surface area contributed by atoms with E-state index in [1.165, 1.54) is 6.07 Å². The average molecular weight is 265 g/mol. The van der Waals surface area contributed by atoms with Crippen LogP contribution in [0.15, 0.2) is 18.2 Å². The standard InChI is InChI=1S/C15H20FNO2/c1-10-7-8-11(9-12(10)16)15(19)17(2)13-5-3-4-6-14(13)18/h7-9,13-14,18H,3-6H2,1-2H3. The van der Waals surface area contributed by atoms with E-state index < -0.39 is 6.10 Å². The number of aliphatic hydroxyl groups excluding tert-OH is 1. The van der Waals surface area contributed by atoms with E-state index in [0.717, 1.165) is 25.7 Å². The molecule has 1 aromatic carbocycles. The van der Waals surface area contributed by atoms with Gasteiger partial charge in [-0.15, -0.1) is 0 Å². The number of carbonyl (C=O) groups excluding carboxylic acids is 1. The fourth-order valence-corrected chi connectivity index (χ4v) is 2.62. The SMILES string of the molecule is Cc1ccc(C(=O)N(C)C2CCCCC2O)cc1F. The maximum absolute atomic E-state index is 13.5. The topological polar surface area (TPSA) is 40.5 Å². The van der Waals surface area contributed by atoms with Crippen LogP contribution >= 0.6 is 0 Å². The largest absolute Gasteiger partial charge is 0.391 e. The Bertz CT molecular complexity index is 475. The lowest BCUT2D eigenvalue weighted by Crippen LogP contribution is -2.46. The molecule has 0 radical (unpaired) electrons. The molecule has 2 rings (SSSR count). The first-order chi connectivity index (χ1) is 9.00. The number of rotatable bonds is 2. The minimum atomic E-state index is -0.474. The van der Waals surface area contributed by atoms with E-state index in [0.29, 0.717) is 11.1 Å². The van der Waals surface area contributed by atoms with Crippen molar-refractivity contribution in [1.29, 1.82) is 0 Å². The van der Waals surface area contributed by atoms with Crippen LogP contribution in [-0.4, -0.2) is 35.1 Å². The molecular formula is C15H20FNO2. The molecule has 0 heterocycles. The Morgan fingerprint density at radius 2 is 2.05 bits per heavy atom. The minimum absolute atomic E-state index is 0.161. The summed E-state index contributed by atoms with van der Waals surface area (Å²) in [5.41, 5.74) is 0.861. The normalized spacial score (nSPS) is 23.2. The van der Waals surface area contributed by atoms with Crippen LogP contribution in [0.2, 0.25) is 0 Å². The zero-order valence-corrected chi connectivity index (χ0v) is 11.4. The number of halogens is 1. The first-order valence-electron chi connectivity index (χ1n) is 6.72. The number of amides is 1. The van der Waals surface area contributed by atoms with Crippen LogP contribution in [-0.2, 0) is 0 Å². The summed E-state index contributed by atoms with van der Waals surface area (Å²) in [4.78, 5) is 13.9. The molecule has 1 saturated carbocycles. The third kappa shape index (κ3) is 2.95. The van der Waals surface area contributed by atoms with Gasteiger partial charge in [0, 0.05) is 12.6 Å². The highest BCUT2D eigenvalue weighted by Gasteiger charge is 2.29. The summed E-state index contributed by atoms with van der Waals surface area (Å²) in [6.45, 7) is 1.66. The highest BCUT2D eigenvalue weighted by atomic mass is 19.1. The molecule has 2 unspecified atom stereocenters. The van der Waals surface area contributed by atoms with E-state index in [-0.39, 0.29) is 17.8 Å². The Morgan fingerprint density at radius 1 is 1.37 bits per heavy atom. The van der Waals surface area contributed by atoms with Gasteiger partial charge in [-0.2, -0.15) is 0 Å². The number of likely N-dealkylation sites (N-methyl/N-ethyl adjacent to an activating group) is 1. The molecule has 0 aromatic heterocycles. The van der Waals surface area contributed by atoms with Gasteiger partial charge < -0.3 is 10.0 Å². The number of carbonyl (C=O) groups is 1. The quantitative estimate of drug-likeness (QED) is 0.892. The van der Waals surface area contributed by atoms with Gasteiger partial charge in [-0.3, -0.25) is 4.79 Å². The Balaban J connectivity index is 2.15. The molecule has 2 atom stereocenters. The summed E-state index contributed by atoms with van der Waals surface area (Å²) in [7, 11) is 1.68. The van der Waals surface area contributed by atoms with Gasteiger partial charge in [0.1, 0.15) is 5.82 Å². The van der Waals surface area contributed by atoms with Crippen molar-refractivity contribution in [3.63, 3.8) is 0 Å². The lowest BCUT2D eigenvalue weighted by Gasteiger charge is -2.35. The van der Waals surface area contributed by atoms with Gasteiger partial charge in [0.25, 0.3) is 5.91 Å². The maximum atomic E-state index is 13.5. The second-order valence-electron chi connectivity index (χ2n) is 5.30. The number of nitrogens with zero attached hydrogens (tertiary/aromatic N) is 1. The van der Waals surface area contributed by atoms with Gasteiger partial charge in [-0.25, -0.2) is 4.39 Å². The highest BCUT2D eigenvalue weighted by molar-refractivity contribution is 5.94. The molecule has 0 spiro atoms. The molecule has 1 aromatic rings. The third-order valence-corrected chi connectivity index (χ3v) is 3.93. The van der Waals surface area contributed by atoms with E-state index in [1.807, 2.05) is 0 Å². The summed E-state index contributed by atoms with van der Waals surface area (Å²) >= 11 is 0. The van der Waals surface area contributed by atoms with Crippen molar-refractivity contribution in [3.8, 4) is 0 Å². The van der Waals surface area contributed by atoms with E-state index in [1.54, 1.807) is 31.0 Å². The zero-order chi connectivity index (χ0) is 14.0. The zero-order valence-electron chi connectivity index (χ0n) is 11.4. The van der Waals surface area contributed by atoms with Crippen LogP contribution < -0.4 is 0 Å². The minimum Gasteiger partial charge on any atom is -0.391 e. The molecule has 0 aliphatic heterocycles. The Morgan fingerprint density at radius 3 is 2.68 bits per heavy atom. The summed E-state index contributed by atoms with van der Waals surface area (Å²) < 4.78 is 13.5. The smallest absolute Gasteiger partial charge is 0.254 e. The van der Waals surface area contributed by atoms with Crippen LogP contribution in [0, 0.1) is 12.7 Å². The van der Waals surface area contributed by atoms with Gasteiger partial charge in [0.05, 0.1) is 12.1 Å². The second-order valence-corrected chi connectivity index (χ2v) is 5.30. The molecule has 3 nitrogen and oxygen atoms in total. The second kappa shape index (κ2) is 5.70. The van der Waals surface area contributed by atoms with Crippen molar-refractivity contribution in [2.75, 3.05) is 7.05 Å². The van der Waals surface area contributed by atoms with E-state index in [2.05, 4.69) is 0 Å². The highest BCUT2D eigenvalue weighted by Crippen LogP contribution is 2.24. The van der Waals surface area contributed by atoms with Crippen molar-refractivity contribution in [3.05, 3.63) is 35.1 Å². The van der Waals surface area contributed by atoms with Crippen molar-refractivity contribution in [2.45, 2.75) is 44.8 Å². The number of benzene rings is 1. The molecule has 1 aliphatic carbocycles. The molecule has 104 valence electrons. The van der Waals surface area contributed by atoms with Gasteiger partial charge >= 0.3 is 0 Å². The predicted octanol–water partition coefficient (Wildman–Crippen LogP) is 2.51. The summed E-state index contributed by atoms with van der Waals surface area (Å²) in [5, 5.41) is 9.97. The van der Waals surface area contributed by atoms with Crippen LogP contribution in [0.25, 0.3) is 0 Å². The van der Waals surface area contributed by atoms with E-state index >= 15 is 0 Å². The summed E-state index contributed by atoms with van der Waals surface area (Å²) in [5.74, 6) is -0.603. The molecule has 1 N–H and O–H groups in total. The van der Waals surface area contributed by atoms with E-state index in [9.17, 15) is 14.3 Å². The van der Waals surface area contributed by atoms with Crippen LogP contribution in [0.5, 0.6) is 0 Å². The van der Waals surface area contributed by atoms with Crippen LogP contribution in [0.4, 0.5) is 4.39 Å². The molecular weight excluding hydrogens is 245 g/mol. The number of hydrogen-bond acceptors (Lipinski definition) is 2. The van der Waals surface area contributed by atoms with Crippen molar-refractivity contribution in [1.82, 2.24) is 4.90 Å². The van der Waals surface area contributed by atoms with Crippen molar-refractivity contribution in [2.24, 2.45) is 0 Å². The summed E-state index contributed by atoms with van der Waals surface area (Å²) in [6.07, 6.45) is 3.07. The van der Waals surface area contributed by atoms with Crippen molar-refractivity contribution < 1.29 is 14.3 Å². The molecule has 1 aliphatic rings. The number of aryl methyl sites for hydroxylation is 1. The Labute approximate surface area is 113 Å². The molecule has 4 heteroatoms. The molecule has 0 saturated heterocycles. The molecule has 19 heavy (non-hydrogen) atoms. The molecule has 1 amide bonds. The predicted molar refractivity (Wildman–Crippen MR) is 71.5 cm³/mol.